The Balaban J connectivity index is 1.80. The Morgan fingerprint density at radius 1 is 0.479 bits per heavy atom. The number of nitrogens with one attached hydrogen (secondary N) is 1. The zero-order valence-corrected chi connectivity index (χ0v) is 45.9. The summed E-state index contributed by atoms with van der Waals surface area (Å²) in [5, 5.41) is 87.0. The Morgan fingerprint density at radius 2 is 0.877 bits per heavy atom. The molecule has 12 unspecified atom stereocenters. The molecule has 428 valence electrons. The number of aliphatic hydroxyl groups excluding tert-OH is 8. The van der Waals surface area contributed by atoms with E-state index >= 15 is 0 Å². The summed E-state index contributed by atoms with van der Waals surface area (Å²) in [4.78, 5) is 13.2. The summed E-state index contributed by atoms with van der Waals surface area (Å²) in [6.45, 7) is 2.79. The van der Waals surface area contributed by atoms with Gasteiger partial charge >= 0.3 is 0 Å². The molecular formula is C59H109NO13. The second kappa shape index (κ2) is 45.3. The van der Waals surface area contributed by atoms with Crippen molar-refractivity contribution in [3.05, 3.63) is 36.5 Å². The summed E-state index contributed by atoms with van der Waals surface area (Å²) in [6, 6.07) is -0.933. The molecule has 2 rings (SSSR count). The number of allylic oxidation sites excluding steroid dienone is 5. The topological polar surface area (TPSA) is 228 Å². The van der Waals surface area contributed by atoms with Crippen molar-refractivity contribution in [3.63, 3.8) is 0 Å². The lowest BCUT2D eigenvalue weighted by Gasteiger charge is -2.46. The lowest BCUT2D eigenvalue weighted by molar-refractivity contribution is -0.359. The molecule has 12 atom stereocenters. The maximum atomic E-state index is 13.2. The Morgan fingerprint density at radius 3 is 1.34 bits per heavy atom. The van der Waals surface area contributed by atoms with Crippen LogP contribution in [-0.4, -0.2) is 140 Å². The Kier molecular flexibility index (Phi) is 41.7. The molecule has 14 nitrogen and oxygen atoms in total. The molecule has 0 aromatic carbocycles. The second-order valence-electron chi connectivity index (χ2n) is 21.1. The predicted octanol–water partition coefficient (Wildman–Crippen LogP) is 9.83. The third-order valence-electron chi connectivity index (χ3n) is 14.5. The summed E-state index contributed by atoms with van der Waals surface area (Å²) < 4.78 is 22.8. The molecule has 0 bridgehead atoms. The van der Waals surface area contributed by atoms with Gasteiger partial charge in [-0.15, -0.1) is 0 Å². The number of carbonyl (C=O) groups excluding carboxylic acids is 1. The van der Waals surface area contributed by atoms with Crippen LogP contribution in [0.2, 0.25) is 0 Å². The summed E-state index contributed by atoms with van der Waals surface area (Å²) in [6.07, 6.45) is 37.5. The van der Waals surface area contributed by atoms with E-state index in [2.05, 4.69) is 43.5 Å². The maximum absolute atomic E-state index is 13.2. The third kappa shape index (κ3) is 31.3. The van der Waals surface area contributed by atoms with Gasteiger partial charge in [-0.1, -0.05) is 211 Å². The van der Waals surface area contributed by atoms with E-state index in [1.54, 1.807) is 6.08 Å². The fraction of sp³-hybridized carbons (Fsp3) is 0.881. The van der Waals surface area contributed by atoms with Crippen LogP contribution in [0, 0.1) is 0 Å². The standard InChI is InChI=1S/C59H109NO13/c1-3-5-7-9-11-13-15-17-19-21-23-24-25-26-28-30-32-34-36-38-40-42-48(63)47(60-51(64)43-41-39-37-35-33-31-29-27-22-20-18-16-14-12-10-8-6-4-2)46-70-58-56(69)54(67)57(50(45-62)72-58)73-59-55(68)53(66)52(65)49(44-61)71-59/h20,22,32,34,40,42,47-50,52-59,61-63,65-69H,3-19,21,23-31,33,35-39,41,43-46H2,1-2H3,(H,60,64)/b22-20-,34-32+,42-40+. The normalized spacial score (nSPS) is 25.6. The number of amides is 1. The third-order valence-corrected chi connectivity index (χ3v) is 14.5. The lowest BCUT2D eigenvalue weighted by atomic mass is 9.97. The SMILES string of the molecule is CCCCCCCCC/C=C\CCCCCCCCCC(=O)NC(COC1OC(CO)C(OC2OC(CO)C(O)C(O)C2O)C(O)C1O)C(O)/C=C/CC/C=C/CCCCCCCCCCCCCCCCC. The number of ether oxygens (including phenoxy) is 4. The maximum Gasteiger partial charge on any atom is 0.220 e. The average molecular weight is 1040 g/mol. The van der Waals surface area contributed by atoms with Gasteiger partial charge in [0.15, 0.2) is 12.6 Å². The molecule has 0 aliphatic carbocycles. The molecule has 9 N–H and O–H groups in total. The number of hydrogen-bond donors (Lipinski definition) is 9. The Bertz CT molecular complexity index is 1370. The molecular weight excluding hydrogens is 931 g/mol. The first kappa shape index (κ1) is 67.3. The zero-order chi connectivity index (χ0) is 53.2. The molecule has 73 heavy (non-hydrogen) atoms. The molecule has 2 fully saturated rings. The first-order chi connectivity index (χ1) is 35.6. The van der Waals surface area contributed by atoms with Crippen LogP contribution in [0.5, 0.6) is 0 Å². The molecule has 2 aliphatic heterocycles. The van der Waals surface area contributed by atoms with E-state index in [0.29, 0.717) is 12.8 Å². The summed E-state index contributed by atoms with van der Waals surface area (Å²) in [5.41, 5.74) is 0. The van der Waals surface area contributed by atoms with Gasteiger partial charge in [0.2, 0.25) is 5.91 Å². The minimum Gasteiger partial charge on any atom is -0.394 e. The molecule has 0 aromatic rings. The number of hydrogen-bond acceptors (Lipinski definition) is 13. The van der Waals surface area contributed by atoms with Crippen molar-refractivity contribution in [2.24, 2.45) is 0 Å². The second-order valence-corrected chi connectivity index (χ2v) is 21.1. The smallest absolute Gasteiger partial charge is 0.220 e. The van der Waals surface area contributed by atoms with E-state index in [0.717, 1.165) is 38.5 Å². The van der Waals surface area contributed by atoms with E-state index in [1.165, 1.54) is 167 Å². The van der Waals surface area contributed by atoms with Gasteiger partial charge in [-0.2, -0.15) is 0 Å². The van der Waals surface area contributed by atoms with Gasteiger partial charge in [-0.25, -0.2) is 0 Å². The van der Waals surface area contributed by atoms with Gasteiger partial charge in [0.05, 0.1) is 32.0 Å². The van der Waals surface area contributed by atoms with Crippen LogP contribution >= 0.6 is 0 Å². The van der Waals surface area contributed by atoms with Crippen molar-refractivity contribution >= 4 is 5.91 Å². The molecule has 2 aliphatic rings. The van der Waals surface area contributed by atoms with Gasteiger partial charge in [-0.3, -0.25) is 4.79 Å². The quantitative estimate of drug-likeness (QED) is 0.0205. The van der Waals surface area contributed by atoms with Crippen molar-refractivity contribution < 1.29 is 64.6 Å². The molecule has 0 radical (unpaired) electrons. The number of unbranched alkanes of at least 4 members (excludes halogenated alkanes) is 30. The molecule has 1 amide bonds. The Labute approximate surface area is 442 Å². The summed E-state index contributed by atoms with van der Waals surface area (Å²) in [7, 11) is 0. The van der Waals surface area contributed by atoms with Crippen LogP contribution in [0.15, 0.2) is 36.5 Å². The van der Waals surface area contributed by atoms with Crippen LogP contribution in [0.3, 0.4) is 0 Å². The lowest BCUT2D eigenvalue weighted by Crippen LogP contribution is -2.65. The first-order valence-electron chi connectivity index (χ1n) is 29.7. The highest BCUT2D eigenvalue weighted by atomic mass is 16.7. The highest BCUT2D eigenvalue weighted by Crippen LogP contribution is 2.30. The van der Waals surface area contributed by atoms with E-state index in [4.69, 9.17) is 18.9 Å². The monoisotopic (exact) mass is 1040 g/mol. The van der Waals surface area contributed by atoms with Crippen LogP contribution in [0.25, 0.3) is 0 Å². The highest BCUT2D eigenvalue weighted by Gasteiger charge is 2.51. The van der Waals surface area contributed by atoms with Crippen molar-refractivity contribution in [2.75, 3.05) is 19.8 Å². The van der Waals surface area contributed by atoms with E-state index in [9.17, 15) is 45.6 Å². The van der Waals surface area contributed by atoms with Crippen LogP contribution < -0.4 is 5.32 Å². The van der Waals surface area contributed by atoms with Gasteiger partial charge in [0.1, 0.15) is 48.8 Å². The van der Waals surface area contributed by atoms with Gasteiger partial charge in [-0.05, 0) is 57.8 Å². The predicted molar refractivity (Wildman–Crippen MR) is 291 cm³/mol. The van der Waals surface area contributed by atoms with Crippen molar-refractivity contribution in [3.8, 4) is 0 Å². The zero-order valence-electron chi connectivity index (χ0n) is 45.9. The average Bonchev–Trinajstić information content (AvgIpc) is 3.39. The van der Waals surface area contributed by atoms with Crippen molar-refractivity contribution in [1.29, 1.82) is 0 Å². The number of aliphatic hydroxyl groups is 8. The largest absolute Gasteiger partial charge is 0.394 e. The van der Waals surface area contributed by atoms with E-state index < -0.39 is 86.8 Å². The van der Waals surface area contributed by atoms with Gasteiger partial charge in [0.25, 0.3) is 0 Å². The molecule has 14 heteroatoms. The fourth-order valence-corrected chi connectivity index (χ4v) is 9.71. The molecule has 0 aromatic heterocycles. The first-order valence-corrected chi connectivity index (χ1v) is 29.7. The Hall–Kier alpha value is -1.79. The van der Waals surface area contributed by atoms with E-state index in [1.807, 2.05) is 6.08 Å². The minimum atomic E-state index is -1.79. The number of rotatable bonds is 47. The molecule has 2 saturated heterocycles. The summed E-state index contributed by atoms with van der Waals surface area (Å²) >= 11 is 0. The molecule has 0 saturated carbocycles. The van der Waals surface area contributed by atoms with Crippen molar-refractivity contribution in [2.45, 2.75) is 312 Å². The summed E-state index contributed by atoms with van der Waals surface area (Å²) in [5.74, 6) is -0.252. The minimum absolute atomic E-state index is 0.252. The van der Waals surface area contributed by atoms with Crippen LogP contribution in [-0.2, 0) is 23.7 Å². The van der Waals surface area contributed by atoms with Crippen LogP contribution in [0.1, 0.15) is 239 Å². The fourth-order valence-electron chi connectivity index (χ4n) is 9.71. The van der Waals surface area contributed by atoms with E-state index in [-0.39, 0.29) is 18.9 Å². The number of carbonyl (C=O) groups is 1. The van der Waals surface area contributed by atoms with Crippen molar-refractivity contribution in [1.82, 2.24) is 5.32 Å². The highest BCUT2D eigenvalue weighted by molar-refractivity contribution is 5.76. The molecule has 2 heterocycles. The van der Waals surface area contributed by atoms with Gasteiger partial charge in [0, 0.05) is 6.42 Å². The van der Waals surface area contributed by atoms with Gasteiger partial charge < -0.3 is 65.1 Å². The molecule has 0 spiro atoms. The van der Waals surface area contributed by atoms with Crippen LogP contribution in [0.4, 0.5) is 0 Å².